The summed E-state index contributed by atoms with van der Waals surface area (Å²) >= 11 is 0. The third-order valence-corrected chi connectivity index (χ3v) is 3.65. The van der Waals surface area contributed by atoms with Gasteiger partial charge in [-0.05, 0) is 35.2 Å². The van der Waals surface area contributed by atoms with E-state index in [-0.39, 0.29) is 17.0 Å². The standard InChI is InChI=1S/C18H20N2O3/c1-18(2,3)13-5-7-14(8-6-13)20(4)16(21)12-9-10-19-15(11-12)17(22)23/h5-11H,1-4H3,(H,22,23). The summed E-state index contributed by atoms with van der Waals surface area (Å²) in [5.74, 6) is -1.43. The Hall–Kier alpha value is -2.69. The average Bonchev–Trinajstić information content (AvgIpc) is 2.53. The normalized spacial score (nSPS) is 11.1. The summed E-state index contributed by atoms with van der Waals surface area (Å²) in [4.78, 5) is 28.7. The first-order valence-corrected chi connectivity index (χ1v) is 7.28. The van der Waals surface area contributed by atoms with E-state index in [1.165, 1.54) is 28.8 Å². The van der Waals surface area contributed by atoms with Gasteiger partial charge in [-0.25, -0.2) is 9.78 Å². The van der Waals surface area contributed by atoms with Crippen molar-refractivity contribution >= 4 is 17.6 Å². The zero-order valence-electron chi connectivity index (χ0n) is 13.7. The second kappa shape index (κ2) is 6.20. The van der Waals surface area contributed by atoms with Gasteiger partial charge in [-0.1, -0.05) is 32.9 Å². The van der Waals surface area contributed by atoms with Gasteiger partial charge in [0.05, 0.1) is 0 Å². The van der Waals surface area contributed by atoms with E-state index in [0.29, 0.717) is 5.56 Å². The maximum Gasteiger partial charge on any atom is 0.354 e. The molecule has 0 bridgehead atoms. The van der Waals surface area contributed by atoms with Gasteiger partial charge in [0.2, 0.25) is 0 Å². The summed E-state index contributed by atoms with van der Waals surface area (Å²) in [6.07, 6.45) is 1.33. The van der Waals surface area contributed by atoms with Gasteiger partial charge in [-0.2, -0.15) is 0 Å². The van der Waals surface area contributed by atoms with Crippen LogP contribution >= 0.6 is 0 Å². The highest BCUT2D eigenvalue weighted by atomic mass is 16.4. The molecule has 0 saturated heterocycles. The summed E-state index contributed by atoms with van der Waals surface area (Å²) in [6.45, 7) is 6.38. The smallest absolute Gasteiger partial charge is 0.354 e. The number of pyridine rings is 1. The van der Waals surface area contributed by atoms with E-state index in [9.17, 15) is 9.59 Å². The number of carboxylic acid groups (broad SMARTS) is 1. The van der Waals surface area contributed by atoms with Crippen LogP contribution in [-0.4, -0.2) is 29.0 Å². The monoisotopic (exact) mass is 312 g/mol. The number of anilines is 1. The molecule has 0 atom stereocenters. The minimum absolute atomic E-state index is 0.0442. The molecule has 1 aromatic heterocycles. The number of carbonyl (C=O) groups excluding carboxylic acids is 1. The maximum atomic E-state index is 12.5. The Morgan fingerprint density at radius 1 is 1.09 bits per heavy atom. The van der Waals surface area contributed by atoms with Crippen LogP contribution in [-0.2, 0) is 5.41 Å². The molecule has 1 aromatic carbocycles. The second-order valence-electron chi connectivity index (χ2n) is 6.40. The van der Waals surface area contributed by atoms with E-state index in [0.717, 1.165) is 5.69 Å². The number of aromatic nitrogens is 1. The molecule has 0 spiro atoms. The van der Waals surface area contributed by atoms with E-state index in [1.54, 1.807) is 7.05 Å². The van der Waals surface area contributed by atoms with Crippen LogP contribution in [0.4, 0.5) is 5.69 Å². The fourth-order valence-electron chi connectivity index (χ4n) is 2.18. The summed E-state index contributed by atoms with van der Waals surface area (Å²) in [5.41, 5.74) is 2.12. The van der Waals surface area contributed by atoms with Crippen molar-refractivity contribution in [3.05, 3.63) is 59.4 Å². The fraction of sp³-hybridized carbons (Fsp3) is 0.278. The first-order chi connectivity index (χ1) is 10.7. The van der Waals surface area contributed by atoms with Gasteiger partial charge in [-0.3, -0.25) is 4.79 Å². The molecule has 1 amide bonds. The van der Waals surface area contributed by atoms with Crippen LogP contribution in [0.1, 0.15) is 47.2 Å². The molecule has 0 aliphatic rings. The predicted molar refractivity (Wildman–Crippen MR) is 89.1 cm³/mol. The van der Waals surface area contributed by atoms with Gasteiger partial charge in [0.25, 0.3) is 5.91 Å². The SMILES string of the molecule is CN(C(=O)c1ccnc(C(=O)O)c1)c1ccc(C(C)(C)C)cc1. The highest BCUT2D eigenvalue weighted by Gasteiger charge is 2.17. The zero-order valence-corrected chi connectivity index (χ0v) is 13.7. The van der Waals surface area contributed by atoms with Crippen LogP contribution in [0.25, 0.3) is 0 Å². The van der Waals surface area contributed by atoms with Gasteiger partial charge in [-0.15, -0.1) is 0 Å². The van der Waals surface area contributed by atoms with Crippen molar-refractivity contribution in [1.82, 2.24) is 4.98 Å². The van der Waals surface area contributed by atoms with E-state index >= 15 is 0 Å². The van der Waals surface area contributed by atoms with E-state index < -0.39 is 5.97 Å². The molecule has 1 heterocycles. The van der Waals surface area contributed by atoms with Crippen LogP contribution in [0.2, 0.25) is 0 Å². The zero-order chi connectivity index (χ0) is 17.2. The summed E-state index contributed by atoms with van der Waals surface area (Å²) in [7, 11) is 1.66. The highest BCUT2D eigenvalue weighted by molar-refractivity contribution is 6.06. The summed E-state index contributed by atoms with van der Waals surface area (Å²) in [6, 6.07) is 10.6. The van der Waals surface area contributed by atoms with Crippen LogP contribution in [0.3, 0.4) is 0 Å². The highest BCUT2D eigenvalue weighted by Crippen LogP contribution is 2.25. The lowest BCUT2D eigenvalue weighted by atomic mass is 9.87. The fourth-order valence-corrected chi connectivity index (χ4v) is 2.18. The number of nitrogens with zero attached hydrogens (tertiary/aromatic N) is 2. The van der Waals surface area contributed by atoms with E-state index in [4.69, 9.17) is 5.11 Å². The van der Waals surface area contributed by atoms with E-state index in [2.05, 4.69) is 25.8 Å². The average molecular weight is 312 g/mol. The molecule has 1 N–H and O–H groups in total. The third-order valence-electron chi connectivity index (χ3n) is 3.65. The molecule has 5 heteroatoms. The number of hydrogen-bond donors (Lipinski definition) is 1. The van der Waals surface area contributed by atoms with Crippen molar-refractivity contribution < 1.29 is 14.7 Å². The van der Waals surface area contributed by atoms with Gasteiger partial charge in [0.1, 0.15) is 5.69 Å². The van der Waals surface area contributed by atoms with Crippen molar-refractivity contribution in [2.24, 2.45) is 0 Å². The Bertz CT molecular complexity index is 731. The lowest BCUT2D eigenvalue weighted by Crippen LogP contribution is -2.26. The van der Waals surface area contributed by atoms with Crippen LogP contribution < -0.4 is 4.90 Å². The van der Waals surface area contributed by atoms with Crippen LogP contribution in [0.15, 0.2) is 42.6 Å². The number of hydrogen-bond acceptors (Lipinski definition) is 3. The van der Waals surface area contributed by atoms with Crippen molar-refractivity contribution in [2.75, 3.05) is 11.9 Å². The number of aromatic carboxylic acids is 1. The molecule has 0 radical (unpaired) electrons. The third kappa shape index (κ3) is 3.74. The first kappa shape index (κ1) is 16.7. The summed E-state index contributed by atoms with van der Waals surface area (Å²) in [5, 5.41) is 8.97. The molecular formula is C18H20N2O3. The Kier molecular flexibility index (Phi) is 4.50. The molecule has 2 rings (SSSR count). The van der Waals surface area contributed by atoms with Gasteiger partial charge >= 0.3 is 5.97 Å². The first-order valence-electron chi connectivity index (χ1n) is 7.28. The maximum absolute atomic E-state index is 12.5. The van der Waals surface area contributed by atoms with Crippen LogP contribution in [0.5, 0.6) is 0 Å². The molecule has 0 unspecified atom stereocenters. The van der Waals surface area contributed by atoms with Crippen LogP contribution in [0, 0.1) is 0 Å². The van der Waals surface area contributed by atoms with Crippen molar-refractivity contribution in [3.8, 4) is 0 Å². The minimum atomic E-state index is -1.16. The Morgan fingerprint density at radius 2 is 1.70 bits per heavy atom. The lowest BCUT2D eigenvalue weighted by Gasteiger charge is -2.22. The molecule has 0 fully saturated rings. The number of carboxylic acids is 1. The Labute approximate surface area is 135 Å². The Morgan fingerprint density at radius 3 is 2.22 bits per heavy atom. The minimum Gasteiger partial charge on any atom is -0.477 e. The van der Waals surface area contributed by atoms with Crippen molar-refractivity contribution in [1.29, 1.82) is 0 Å². The van der Waals surface area contributed by atoms with E-state index in [1.807, 2.05) is 24.3 Å². The molecule has 2 aromatic rings. The van der Waals surface area contributed by atoms with Gasteiger partial charge in [0, 0.05) is 24.5 Å². The van der Waals surface area contributed by atoms with Crippen molar-refractivity contribution in [2.45, 2.75) is 26.2 Å². The molecule has 120 valence electrons. The summed E-state index contributed by atoms with van der Waals surface area (Å²) < 4.78 is 0. The topological polar surface area (TPSA) is 70.5 Å². The number of carbonyl (C=O) groups is 2. The lowest BCUT2D eigenvalue weighted by molar-refractivity contribution is 0.0690. The molecule has 0 saturated carbocycles. The molecule has 23 heavy (non-hydrogen) atoms. The Balaban J connectivity index is 2.26. The number of benzene rings is 1. The molecule has 0 aliphatic heterocycles. The molecule has 0 aliphatic carbocycles. The predicted octanol–water partition coefficient (Wildman–Crippen LogP) is 3.35. The quantitative estimate of drug-likeness (QED) is 0.943. The number of amides is 1. The van der Waals surface area contributed by atoms with Gasteiger partial charge < -0.3 is 10.0 Å². The molecule has 5 nitrogen and oxygen atoms in total. The second-order valence-corrected chi connectivity index (χ2v) is 6.40. The van der Waals surface area contributed by atoms with Crippen molar-refractivity contribution in [3.63, 3.8) is 0 Å². The molecular weight excluding hydrogens is 292 g/mol. The number of rotatable bonds is 3. The van der Waals surface area contributed by atoms with Gasteiger partial charge in [0.15, 0.2) is 0 Å². The largest absolute Gasteiger partial charge is 0.477 e.